The van der Waals surface area contributed by atoms with Crippen molar-refractivity contribution in [3.05, 3.63) is 0 Å². The number of rotatable bonds is 12. The molecular weight excluding hydrogens is 206 g/mol. The van der Waals surface area contributed by atoms with Crippen molar-refractivity contribution in [2.75, 3.05) is 6.54 Å². The monoisotopic (exact) mass is 241 g/mol. The molecule has 0 aromatic heterocycles. The van der Waals surface area contributed by atoms with E-state index < -0.39 is 0 Å². The Morgan fingerprint density at radius 1 is 0.765 bits per heavy atom. The van der Waals surface area contributed by atoms with Crippen LogP contribution < -0.4 is 5.32 Å². The zero-order valence-corrected chi connectivity index (χ0v) is 12.7. The maximum absolute atomic E-state index is 3.82. The van der Waals surface area contributed by atoms with Crippen LogP contribution in [0.3, 0.4) is 0 Å². The van der Waals surface area contributed by atoms with Crippen LogP contribution in [0, 0.1) is 5.92 Å². The summed E-state index contributed by atoms with van der Waals surface area (Å²) in [5.41, 5.74) is 0. The van der Waals surface area contributed by atoms with Crippen LogP contribution in [0.2, 0.25) is 0 Å². The topological polar surface area (TPSA) is 12.0 Å². The fraction of sp³-hybridized carbons (Fsp3) is 1.00. The first-order valence-electron chi connectivity index (χ1n) is 8.01. The zero-order valence-electron chi connectivity index (χ0n) is 12.7. The summed E-state index contributed by atoms with van der Waals surface area (Å²) < 4.78 is 0. The van der Waals surface area contributed by atoms with Crippen molar-refractivity contribution in [2.24, 2.45) is 5.92 Å². The van der Waals surface area contributed by atoms with Crippen LogP contribution >= 0.6 is 0 Å². The van der Waals surface area contributed by atoms with Crippen LogP contribution in [0.4, 0.5) is 0 Å². The second-order valence-corrected chi connectivity index (χ2v) is 5.45. The summed E-state index contributed by atoms with van der Waals surface area (Å²) >= 11 is 0. The average Bonchev–Trinajstić information content (AvgIpc) is 2.35. The Morgan fingerprint density at radius 2 is 1.41 bits per heavy atom. The van der Waals surface area contributed by atoms with Crippen molar-refractivity contribution in [1.29, 1.82) is 0 Å². The average molecular weight is 241 g/mol. The van der Waals surface area contributed by atoms with Crippen LogP contribution in [0.15, 0.2) is 0 Å². The van der Waals surface area contributed by atoms with Gasteiger partial charge in [-0.05, 0) is 31.7 Å². The Hall–Kier alpha value is -0.0400. The molecule has 104 valence electrons. The van der Waals surface area contributed by atoms with E-state index in [1.54, 1.807) is 0 Å². The minimum atomic E-state index is 0.774. The number of unbranched alkanes of at least 4 members (excludes halogenated alkanes) is 2. The smallest absolute Gasteiger partial charge is 0.00670 e. The van der Waals surface area contributed by atoms with Crippen molar-refractivity contribution < 1.29 is 0 Å². The molecule has 0 amide bonds. The molecule has 17 heavy (non-hydrogen) atoms. The lowest BCUT2D eigenvalue weighted by molar-refractivity contribution is 0.361. The van der Waals surface area contributed by atoms with Gasteiger partial charge in [0.25, 0.3) is 0 Å². The summed E-state index contributed by atoms with van der Waals surface area (Å²) in [7, 11) is 0. The Kier molecular flexibility index (Phi) is 12.4. The van der Waals surface area contributed by atoms with Gasteiger partial charge in [0.2, 0.25) is 0 Å². The molecule has 0 spiro atoms. The third-order valence-corrected chi connectivity index (χ3v) is 3.78. The van der Waals surface area contributed by atoms with Crippen LogP contribution in [-0.4, -0.2) is 12.6 Å². The summed E-state index contributed by atoms with van der Waals surface area (Å²) in [6.45, 7) is 10.5. The molecule has 2 unspecified atom stereocenters. The Morgan fingerprint density at radius 3 is 1.94 bits per heavy atom. The minimum Gasteiger partial charge on any atom is -0.314 e. The summed E-state index contributed by atoms with van der Waals surface area (Å²) in [6, 6.07) is 0.774. The first-order valence-corrected chi connectivity index (χ1v) is 8.01. The Labute approximate surface area is 110 Å². The zero-order chi connectivity index (χ0) is 12.9. The van der Waals surface area contributed by atoms with Crippen molar-refractivity contribution in [3.8, 4) is 0 Å². The van der Waals surface area contributed by atoms with Crippen molar-refractivity contribution >= 4 is 0 Å². The molecule has 0 rings (SSSR count). The van der Waals surface area contributed by atoms with Gasteiger partial charge in [0.05, 0.1) is 0 Å². The van der Waals surface area contributed by atoms with Gasteiger partial charge in [0, 0.05) is 6.04 Å². The fourth-order valence-electron chi connectivity index (χ4n) is 2.42. The molecule has 1 N–H and O–H groups in total. The van der Waals surface area contributed by atoms with Crippen molar-refractivity contribution in [2.45, 2.75) is 91.5 Å². The molecule has 0 aromatic rings. The molecule has 2 atom stereocenters. The molecule has 0 bridgehead atoms. The van der Waals surface area contributed by atoms with E-state index in [0.717, 1.165) is 12.0 Å². The largest absolute Gasteiger partial charge is 0.314 e. The van der Waals surface area contributed by atoms with Gasteiger partial charge >= 0.3 is 0 Å². The van der Waals surface area contributed by atoms with E-state index in [1.165, 1.54) is 64.3 Å². The van der Waals surface area contributed by atoms with E-state index in [0.29, 0.717) is 0 Å². The standard InChI is InChI=1S/C16H35N/c1-5-9-12-15(8-4)14-17-16(11-7-3)13-10-6-2/h15-17H,5-14H2,1-4H3. The first-order chi connectivity index (χ1) is 8.28. The molecule has 0 aromatic carbocycles. The Balaban J connectivity index is 3.81. The van der Waals surface area contributed by atoms with Gasteiger partial charge in [0.1, 0.15) is 0 Å². The third kappa shape index (κ3) is 9.64. The van der Waals surface area contributed by atoms with Crippen molar-refractivity contribution in [1.82, 2.24) is 5.32 Å². The third-order valence-electron chi connectivity index (χ3n) is 3.78. The second-order valence-electron chi connectivity index (χ2n) is 5.45. The molecule has 0 aliphatic rings. The number of hydrogen-bond donors (Lipinski definition) is 1. The highest BCUT2D eigenvalue weighted by atomic mass is 14.9. The van der Waals surface area contributed by atoms with Gasteiger partial charge in [0.15, 0.2) is 0 Å². The summed E-state index contributed by atoms with van der Waals surface area (Å²) in [4.78, 5) is 0. The van der Waals surface area contributed by atoms with Crippen molar-refractivity contribution in [3.63, 3.8) is 0 Å². The molecule has 0 fully saturated rings. The quantitative estimate of drug-likeness (QED) is 0.498. The SMILES string of the molecule is CCCCC(CC)CNC(CCC)CCCC. The maximum atomic E-state index is 3.82. The Bertz CT molecular complexity index is 144. The van der Waals surface area contributed by atoms with Gasteiger partial charge in [-0.3, -0.25) is 0 Å². The van der Waals surface area contributed by atoms with E-state index >= 15 is 0 Å². The molecule has 0 saturated carbocycles. The normalized spacial score (nSPS) is 14.8. The van der Waals surface area contributed by atoms with E-state index in [-0.39, 0.29) is 0 Å². The van der Waals surface area contributed by atoms with Gasteiger partial charge in [-0.2, -0.15) is 0 Å². The lowest BCUT2D eigenvalue weighted by Gasteiger charge is -2.22. The summed E-state index contributed by atoms with van der Waals surface area (Å²) in [5.74, 6) is 0.899. The van der Waals surface area contributed by atoms with E-state index in [4.69, 9.17) is 0 Å². The highest BCUT2D eigenvalue weighted by Crippen LogP contribution is 2.13. The van der Waals surface area contributed by atoms with Crippen LogP contribution in [0.1, 0.15) is 85.5 Å². The maximum Gasteiger partial charge on any atom is 0.00670 e. The number of hydrogen-bond acceptors (Lipinski definition) is 1. The lowest BCUT2D eigenvalue weighted by atomic mass is 9.98. The van der Waals surface area contributed by atoms with Gasteiger partial charge in [-0.15, -0.1) is 0 Å². The van der Waals surface area contributed by atoms with E-state index in [1.807, 2.05) is 0 Å². The predicted molar refractivity (Wildman–Crippen MR) is 79.5 cm³/mol. The molecule has 1 heteroatoms. The lowest BCUT2D eigenvalue weighted by Crippen LogP contribution is -2.33. The molecule has 0 heterocycles. The predicted octanol–water partition coefficient (Wildman–Crippen LogP) is 5.15. The summed E-state index contributed by atoms with van der Waals surface area (Å²) in [6.07, 6.45) is 12.2. The molecule has 1 nitrogen and oxygen atoms in total. The van der Waals surface area contributed by atoms with Gasteiger partial charge < -0.3 is 5.32 Å². The van der Waals surface area contributed by atoms with E-state index in [2.05, 4.69) is 33.0 Å². The molecule has 0 radical (unpaired) electrons. The minimum absolute atomic E-state index is 0.774. The second kappa shape index (κ2) is 12.4. The summed E-state index contributed by atoms with van der Waals surface area (Å²) in [5, 5.41) is 3.82. The van der Waals surface area contributed by atoms with Gasteiger partial charge in [-0.1, -0.05) is 66.2 Å². The van der Waals surface area contributed by atoms with E-state index in [9.17, 15) is 0 Å². The van der Waals surface area contributed by atoms with Gasteiger partial charge in [-0.25, -0.2) is 0 Å². The highest BCUT2D eigenvalue weighted by Gasteiger charge is 2.10. The number of nitrogens with one attached hydrogen (secondary N) is 1. The fourth-order valence-corrected chi connectivity index (χ4v) is 2.42. The molecule has 0 saturated heterocycles. The highest BCUT2D eigenvalue weighted by molar-refractivity contribution is 4.69. The first kappa shape index (κ1) is 17.0. The molecule has 0 aliphatic heterocycles. The van der Waals surface area contributed by atoms with Crippen LogP contribution in [0.5, 0.6) is 0 Å². The van der Waals surface area contributed by atoms with Crippen LogP contribution in [-0.2, 0) is 0 Å². The molecular formula is C16H35N. The van der Waals surface area contributed by atoms with Crippen LogP contribution in [0.25, 0.3) is 0 Å². The molecule has 0 aliphatic carbocycles.